The van der Waals surface area contributed by atoms with Crippen LogP contribution in [-0.2, 0) is 16.6 Å². The molecule has 0 aliphatic rings. The van der Waals surface area contributed by atoms with E-state index in [2.05, 4.69) is 36.2 Å². The summed E-state index contributed by atoms with van der Waals surface area (Å²) in [5.41, 5.74) is 1.58. The highest BCUT2D eigenvalue weighted by molar-refractivity contribution is 5.99. The summed E-state index contributed by atoms with van der Waals surface area (Å²) in [5, 5.41) is 20.5. The maximum atomic E-state index is 12.3. The van der Waals surface area contributed by atoms with E-state index in [4.69, 9.17) is 9.47 Å². The lowest BCUT2D eigenvalue weighted by Crippen LogP contribution is -2.22. The number of rotatable bonds is 9. The quantitative estimate of drug-likeness (QED) is 0.449. The molecule has 0 saturated carbocycles. The summed E-state index contributed by atoms with van der Waals surface area (Å²) in [6.45, 7) is 0.270. The number of amides is 2. The van der Waals surface area contributed by atoms with E-state index < -0.39 is 5.91 Å². The lowest BCUT2D eigenvalue weighted by atomic mass is 10.1. The normalized spacial score (nSPS) is 10.5. The van der Waals surface area contributed by atoms with E-state index in [9.17, 15) is 9.59 Å². The van der Waals surface area contributed by atoms with Gasteiger partial charge in [-0.25, -0.2) is 4.98 Å². The monoisotopic (exact) mass is 440 g/mol. The third-order valence-corrected chi connectivity index (χ3v) is 4.37. The SMILES string of the molecule is CNC(=O)c1nnc(NC(=O)CCOC)cc1Nc1cccc(-c2ncn(C)n2)c1OC. The van der Waals surface area contributed by atoms with Gasteiger partial charge in [0.25, 0.3) is 5.91 Å². The lowest BCUT2D eigenvalue weighted by Gasteiger charge is -2.16. The van der Waals surface area contributed by atoms with Crippen molar-refractivity contribution in [3.8, 4) is 17.1 Å². The number of hydrogen-bond donors (Lipinski definition) is 3. The molecule has 3 N–H and O–H groups in total. The van der Waals surface area contributed by atoms with E-state index in [-0.39, 0.29) is 30.4 Å². The van der Waals surface area contributed by atoms with Crippen molar-refractivity contribution in [2.24, 2.45) is 7.05 Å². The van der Waals surface area contributed by atoms with Gasteiger partial charge in [-0.3, -0.25) is 14.3 Å². The second-order valence-electron chi connectivity index (χ2n) is 6.62. The Hall–Kier alpha value is -4.06. The summed E-state index contributed by atoms with van der Waals surface area (Å²) in [5.74, 6) is 0.407. The van der Waals surface area contributed by atoms with Crippen molar-refractivity contribution in [1.82, 2.24) is 30.3 Å². The number of carbonyl (C=O) groups excluding carboxylic acids is 2. The van der Waals surface area contributed by atoms with E-state index in [0.717, 1.165) is 0 Å². The Morgan fingerprint density at radius 2 is 1.97 bits per heavy atom. The third-order valence-electron chi connectivity index (χ3n) is 4.37. The minimum Gasteiger partial charge on any atom is -0.494 e. The van der Waals surface area contributed by atoms with Crippen LogP contribution in [-0.4, -0.2) is 64.7 Å². The number of nitrogens with zero attached hydrogens (tertiary/aromatic N) is 5. The van der Waals surface area contributed by atoms with Crippen molar-refractivity contribution in [2.75, 3.05) is 38.5 Å². The summed E-state index contributed by atoms with van der Waals surface area (Å²) < 4.78 is 12.1. The highest BCUT2D eigenvalue weighted by Gasteiger charge is 2.19. The molecule has 3 rings (SSSR count). The highest BCUT2D eigenvalue weighted by Crippen LogP contribution is 2.37. The molecule has 0 radical (unpaired) electrons. The van der Waals surface area contributed by atoms with Gasteiger partial charge >= 0.3 is 0 Å². The van der Waals surface area contributed by atoms with Crippen LogP contribution in [0.5, 0.6) is 5.75 Å². The Labute approximate surface area is 184 Å². The molecule has 168 valence electrons. The molecule has 0 saturated heterocycles. The molecule has 2 amide bonds. The first-order valence-electron chi connectivity index (χ1n) is 9.65. The van der Waals surface area contributed by atoms with E-state index in [1.165, 1.54) is 27.3 Å². The van der Waals surface area contributed by atoms with Gasteiger partial charge in [-0.1, -0.05) is 6.07 Å². The molecule has 32 heavy (non-hydrogen) atoms. The summed E-state index contributed by atoms with van der Waals surface area (Å²) in [6, 6.07) is 6.92. The van der Waals surface area contributed by atoms with Gasteiger partial charge in [0.05, 0.1) is 37.1 Å². The van der Waals surface area contributed by atoms with Gasteiger partial charge in [-0.2, -0.15) is 5.10 Å². The fraction of sp³-hybridized carbons (Fsp3) is 0.300. The maximum absolute atomic E-state index is 12.3. The van der Waals surface area contributed by atoms with Crippen molar-refractivity contribution in [3.05, 3.63) is 36.3 Å². The van der Waals surface area contributed by atoms with Crippen LogP contribution in [0.25, 0.3) is 11.4 Å². The Kier molecular flexibility index (Phi) is 7.29. The fourth-order valence-electron chi connectivity index (χ4n) is 2.87. The number of anilines is 3. The minimum atomic E-state index is -0.446. The first-order chi connectivity index (χ1) is 15.5. The van der Waals surface area contributed by atoms with Gasteiger partial charge in [-0.05, 0) is 12.1 Å². The zero-order valence-electron chi connectivity index (χ0n) is 18.2. The van der Waals surface area contributed by atoms with Crippen LogP contribution in [0.15, 0.2) is 30.6 Å². The molecule has 1 aromatic carbocycles. The zero-order valence-corrected chi connectivity index (χ0v) is 18.2. The van der Waals surface area contributed by atoms with Gasteiger partial charge < -0.3 is 25.4 Å². The largest absolute Gasteiger partial charge is 0.494 e. The molecule has 0 atom stereocenters. The van der Waals surface area contributed by atoms with Crippen LogP contribution in [0.3, 0.4) is 0 Å². The third kappa shape index (κ3) is 5.16. The Bertz CT molecular complexity index is 1110. The molecule has 3 aromatic rings. The summed E-state index contributed by atoms with van der Waals surface area (Å²) >= 11 is 0. The van der Waals surface area contributed by atoms with Gasteiger partial charge in [0, 0.05) is 27.3 Å². The number of aryl methyl sites for hydroxylation is 1. The number of aromatic nitrogens is 5. The van der Waals surface area contributed by atoms with Crippen LogP contribution in [0.2, 0.25) is 0 Å². The van der Waals surface area contributed by atoms with E-state index in [1.54, 1.807) is 30.2 Å². The average Bonchev–Trinajstić information content (AvgIpc) is 3.23. The maximum Gasteiger partial charge on any atom is 0.273 e. The molecule has 0 aliphatic heterocycles. The first-order valence-corrected chi connectivity index (χ1v) is 9.65. The van der Waals surface area contributed by atoms with Crippen molar-refractivity contribution in [3.63, 3.8) is 0 Å². The van der Waals surface area contributed by atoms with Crippen molar-refractivity contribution >= 4 is 29.0 Å². The molecular formula is C20H24N8O4. The predicted octanol–water partition coefficient (Wildman–Crippen LogP) is 1.36. The molecule has 0 unspecified atom stereocenters. The number of hydrogen-bond acceptors (Lipinski definition) is 9. The number of benzene rings is 1. The van der Waals surface area contributed by atoms with Crippen molar-refractivity contribution < 1.29 is 19.1 Å². The molecule has 2 heterocycles. The van der Waals surface area contributed by atoms with Gasteiger partial charge in [-0.15, -0.1) is 10.2 Å². The number of ether oxygens (including phenoxy) is 2. The minimum absolute atomic E-state index is 0.0470. The summed E-state index contributed by atoms with van der Waals surface area (Å²) in [6.07, 6.45) is 1.75. The number of nitrogens with one attached hydrogen (secondary N) is 3. The van der Waals surface area contributed by atoms with Crippen molar-refractivity contribution in [1.29, 1.82) is 0 Å². The Balaban J connectivity index is 1.98. The van der Waals surface area contributed by atoms with Crippen LogP contribution in [0, 0.1) is 0 Å². The Morgan fingerprint density at radius 3 is 2.62 bits per heavy atom. The fourth-order valence-corrected chi connectivity index (χ4v) is 2.87. The molecule has 2 aromatic heterocycles. The standard InChI is InChI=1S/C20H24N8O4/c1-21-20(30)17-14(10-15(25-26-17)24-16(29)8-9-31-3)23-13-7-5-6-12(18(13)32-4)19-22-11-28(2)27-19/h5-7,10-11H,8-9H2,1-4H3,(H,21,30)(H2,23,24,25,29). The number of carbonyl (C=O) groups is 2. The van der Waals surface area contributed by atoms with E-state index >= 15 is 0 Å². The van der Waals surface area contributed by atoms with E-state index in [0.29, 0.717) is 28.5 Å². The topological polar surface area (TPSA) is 145 Å². The van der Waals surface area contributed by atoms with Gasteiger partial charge in [0.1, 0.15) is 6.33 Å². The summed E-state index contributed by atoms with van der Waals surface area (Å²) in [7, 11) is 6.29. The molecule has 12 heteroatoms. The molecule has 0 fully saturated rings. The zero-order chi connectivity index (χ0) is 23.1. The predicted molar refractivity (Wildman–Crippen MR) is 117 cm³/mol. The average molecular weight is 440 g/mol. The van der Waals surface area contributed by atoms with E-state index in [1.807, 2.05) is 6.07 Å². The second kappa shape index (κ2) is 10.3. The summed E-state index contributed by atoms with van der Waals surface area (Å²) in [4.78, 5) is 28.6. The van der Waals surface area contributed by atoms with Crippen LogP contribution < -0.4 is 20.7 Å². The number of para-hydroxylation sites is 1. The smallest absolute Gasteiger partial charge is 0.273 e. The lowest BCUT2D eigenvalue weighted by molar-refractivity contribution is -0.117. The number of methoxy groups -OCH3 is 2. The highest BCUT2D eigenvalue weighted by atomic mass is 16.5. The molecular weight excluding hydrogens is 416 g/mol. The van der Waals surface area contributed by atoms with Crippen molar-refractivity contribution in [2.45, 2.75) is 6.42 Å². The van der Waals surface area contributed by atoms with Crippen LogP contribution in [0.4, 0.5) is 17.2 Å². The van der Waals surface area contributed by atoms with Crippen LogP contribution >= 0.6 is 0 Å². The van der Waals surface area contributed by atoms with Gasteiger partial charge in [0.15, 0.2) is 23.1 Å². The molecule has 0 spiro atoms. The van der Waals surface area contributed by atoms with Crippen LogP contribution in [0.1, 0.15) is 16.9 Å². The molecule has 12 nitrogen and oxygen atoms in total. The molecule has 0 bridgehead atoms. The Morgan fingerprint density at radius 1 is 1.16 bits per heavy atom. The van der Waals surface area contributed by atoms with Gasteiger partial charge in [0.2, 0.25) is 5.91 Å². The molecule has 0 aliphatic carbocycles. The second-order valence-corrected chi connectivity index (χ2v) is 6.62. The first kappa shape index (κ1) is 22.6.